The van der Waals surface area contributed by atoms with E-state index in [1.54, 1.807) is 18.0 Å². The summed E-state index contributed by atoms with van der Waals surface area (Å²) in [6.45, 7) is 1.86. The summed E-state index contributed by atoms with van der Waals surface area (Å²) in [4.78, 5) is 15.7. The van der Waals surface area contributed by atoms with Crippen molar-refractivity contribution in [3.05, 3.63) is 29.1 Å². The van der Waals surface area contributed by atoms with Crippen LogP contribution < -0.4 is 5.73 Å². The number of hydrogen-bond acceptors (Lipinski definition) is 6. The van der Waals surface area contributed by atoms with Crippen molar-refractivity contribution in [2.45, 2.75) is 44.1 Å². The minimum atomic E-state index is -0.967. The van der Waals surface area contributed by atoms with Crippen LogP contribution in [0.25, 0.3) is 0 Å². The number of aromatic nitrogens is 3. The first-order valence-electron chi connectivity index (χ1n) is 8.34. The van der Waals surface area contributed by atoms with E-state index >= 15 is 0 Å². The fraction of sp³-hybridized carbons (Fsp3) is 0.588. The molecule has 128 valence electrons. The predicted molar refractivity (Wildman–Crippen MR) is 86.3 cm³/mol. The van der Waals surface area contributed by atoms with E-state index in [4.69, 9.17) is 10.2 Å². The smallest absolute Gasteiger partial charge is 0.226 e. The van der Waals surface area contributed by atoms with Crippen LogP contribution in [0.3, 0.4) is 0 Å². The molecule has 0 amide bonds. The zero-order valence-corrected chi connectivity index (χ0v) is 13.9. The highest BCUT2D eigenvalue weighted by Gasteiger charge is 2.52. The molecule has 2 aliphatic carbocycles. The van der Waals surface area contributed by atoms with Crippen molar-refractivity contribution < 1.29 is 14.3 Å². The van der Waals surface area contributed by atoms with Gasteiger partial charge in [0.05, 0.1) is 17.0 Å². The van der Waals surface area contributed by atoms with Crippen molar-refractivity contribution in [1.82, 2.24) is 14.8 Å². The van der Waals surface area contributed by atoms with Crippen molar-refractivity contribution in [3.8, 4) is 0 Å². The zero-order chi connectivity index (χ0) is 17.1. The second kappa shape index (κ2) is 5.17. The summed E-state index contributed by atoms with van der Waals surface area (Å²) < 4.78 is 7.01. The Morgan fingerprint density at radius 2 is 2.08 bits per heavy atom. The SMILES string of the molecule is Cc1coc(C2(O)CC3CC(c4nn(C)c(N)c4C=O)CC3C2)n1. The van der Waals surface area contributed by atoms with Gasteiger partial charge in [-0.15, -0.1) is 0 Å². The lowest BCUT2D eigenvalue weighted by atomic mass is 9.92. The van der Waals surface area contributed by atoms with E-state index in [0.29, 0.717) is 41.9 Å². The lowest BCUT2D eigenvalue weighted by Gasteiger charge is -2.20. The largest absolute Gasteiger partial charge is 0.446 e. The molecule has 0 spiro atoms. The van der Waals surface area contributed by atoms with Crippen LogP contribution in [-0.4, -0.2) is 26.2 Å². The maximum absolute atomic E-state index is 11.4. The van der Waals surface area contributed by atoms with Crippen molar-refractivity contribution in [2.75, 3.05) is 5.73 Å². The molecule has 0 aliphatic heterocycles. The van der Waals surface area contributed by atoms with Gasteiger partial charge in [0.15, 0.2) is 6.29 Å². The molecule has 7 heteroatoms. The lowest BCUT2D eigenvalue weighted by molar-refractivity contribution is 0.00748. The van der Waals surface area contributed by atoms with E-state index in [9.17, 15) is 9.90 Å². The average molecular weight is 330 g/mol. The van der Waals surface area contributed by atoms with Crippen molar-refractivity contribution in [3.63, 3.8) is 0 Å². The molecule has 2 atom stereocenters. The Kier molecular flexibility index (Phi) is 3.32. The number of nitrogen functional groups attached to an aromatic ring is 1. The molecule has 24 heavy (non-hydrogen) atoms. The third-order valence-electron chi connectivity index (χ3n) is 5.72. The van der Waals surface area contributed by atoms with E-state index in [0.717, 1.165) is 30.5 Å². The number of aldehydes is 1. The first-order valence-corrected chi connectivity index (χ1v) is 8.34. The van der Waals surface area contributed by atoms with Gasteiger partial charge in [0.1, 0.15) is 17.7 Å². The van der Waals surface area contributed by atoms with E-state index in [1.807, 2.05) is 6.92 Å². The number of aliphatic hydroxyl groups is 1. The summed E-state index contributed by atoms with van der Waals surface area (Å²) in [7, 11) is 1.76. The monoisotopic (exact) mass is 330 g/mol. The van der Waals surface area contributed by atoms with Crippen molar-refractivity contribution >= 4 is 12.1 Å². The molecule has 2 unspecified atom stereocenters. The van der Waals surface area contributed by atoms with Gasteiger partial charge >= 0.3 is 0 Å². The Balaban J connectivity index is 1.54. The molecule has 0 saturated heterocycles. The number of carbonyl (C=O) groups is 1. The molecule has 2 aliphatic rings. The molecule has 0 bridgehead atoms. The number of nitrogens with two attached hydrogens (primary N) is 1. The molecule has 3 N–H and O–H groups in total. The van der Waals surface area contributed by atoms with Crippen molar-refractivity contribution in [1.29, 1.82) is 0 Å². The molecule has 7 nitrogen and oxygen atoms in total. The van der Waals surface area contributed by atoms with Crippen LogP contribution in [0.4, 0.5) is 5.82 Å². The van der Waals surface area contributed by atoms with Gasteiger partial charge in [-0.3, -0.25) is 9.48 Å². The van der Waals surface area contributed by atoms with Gasteiger partial charge in [0, 0.05) is 13.0 Å². The number of nitrogens with zero attached hydrogens (tertiary/aromatic N) is 3. The molecule has 2 aromatic heterocycles. The fourth-order valence-electron chi connectivity index (χ4n) is 4.63. The Morgan fingerprint density at radius 3 is 2.62 bits per heavy atom. The Morgan fingerprint density at radius 1 is 1.42 bits per heavy atom. The summed E-state index contributed by atoms with van der Waals surface area (Å²) in [5.41, 5.74) is 7.06. The maximum atomic E-state index is 11.4. The molecule has 0 aromatic carbocycles. The quantitative estimate of drug-likeness (QED) is 0.832. The van der Waals surface area contributed by atoms with Gasteiger partial charge in [0.25, 0.3) is 0 Å². The third kappa shape index (κ3) is 2.18. The van der Waals surface area contributed by atoms with Gasteiger partial charge in [-0.05, 0) is 44.4 Å². The van der Waals surface area contributed by atoms with E-state index in [2.05, 4.69) is 10.1 Å². The summed E-state index contributed by atoms with van der Waals surface area (Å²) in [5, 5.41) is 15.4. The highest BCUT2D eigenvalue weighted by atomic mass is 16.4. The number of hydrogen-bond donors (Lipinski definition) is 2. The second-order valence-electron chi connectivity index (χ2n) is 7.35. The zero-order valence-electron chi connectivity index (χ0n) is 13.9. The summed E-state index contributed by atoms with van der Waals surface area (Å²) >= 11 is 0. The first-order chi connectivity index (χ1) is 11.4. The number of aryl methyl sites for hydroxylation is 2. The number of oxazole rings is 1. The number of rotatable bonds is 3. The maximum Gasteiger partial charge on any atom is 0.226 e. The van der Waals surface area contributed by atoms with E-state index in [-0.39, 0.29) is 5.92 Å². The Hall–Kier alpha value is -2.15. The van der Waals surface area contributed by atoms with Crippen LogP contribution >= 0.6 is 0 Å². The lowest BCUT2D eigenvalue weighted by Crippen LogP contribution is -2.23. The topological polar surface area (TPSA) is 107 Å². The predicted octanol–water partition coefficient (Wildman–Crippen LogP) is 1.90. The molecular weight excluding hydrogens is 308 g/mol. The minimum absolute atomic E-state index is 0.222. The highest BCUT2D eigenvalue weighted by Crippen LogP contribution is 2.56. The summed E-state index contributed by atoms with van der Waals surface area (Å²) in [6.07, 6.45) is 5.49. The Bertz CT molecular complexity index is 780. The van der Waals surface area contributed by atoms with Crippen LogP contribution in [0.15, 0.2) is 10.7 Å². The molecule has 2 heterocycles. The number of anilines is 1. The van der Waals surface area contributed by atoms with Gasteiger partial charge in [-0.2, -0.15) is 5.10 Å². The average Bonchev–Trinajstić information content (AvgIpc) is 3.24. The second-order valence-corrected chi connectivity index (χ2v) is 7.35. The molecule has 2 aromatic rings. The highest BCUT2D eigenvalue weighted by molar-refractivity contribution is 5.83. The van der Waals surface area contributed by atoms with Crippen LogP contribution in [0, 0.1) is 18.8 Å². The van der Waals surface area contributed by atoms with Crippen LogP contribution in [-0.2, 0) is 12.6 Å². The van der Waals surface area contributed by atoms with Crippen LogP contribution in [0.1, 0.15) is 59.2 Å². The van der Waals surface area contributed by atoms with Crippen molar-refractivity contribution in [2.24, 2.45) is 18.9 Å². The van der Waals surface area contributed by atoms with Crippen LogP contribution in [0.2, 0.25) is 0 Å². The Labute approximate surface area is 139 Å². The van der Waals surface area contributed by atoms with Crippen LogP contribution in [0.5, 0.6) is 0 Å². The summed E-state index contributed by atoms with van der Waals surface area (Å²) in [5.74, 6) is 1.84. The number of fused-ring (bicyclic) bond motifs is 1. The van der Waals surface area contributed by atoms with Gasteiger partial charge in [0.2, 0.25) is 5.89 Å². The van der Waals surface area contributed by atoms with E-state index < -0.39 is 5.60 Å². The van der Waals surface area contributed by atoms with Gasteiger partial charge in [-0.25, -0.2) is 4.98 Å². The van der Waals surface area contributed by atoms with E-state index in [1.165, 1.54) is 0 Å². The van der Waals surface area contributed by atoms with Gasteiger partial charge in [-0.1, -0.05) is 0 Å². The summed E-state index contributed by atoms with van der Waals surface area (Å²) in [6, 6.07) is 0. The third-order valence-corrected chi connectivity index (χ3v) is 5.72. The number of carbonyl (C=O) groups excluding carboxylic acids is 1. The molecule has 0 radical (unpaired) electrons. The molecular formula is C17H22N4O3. The molecule has 2 saturated carbocycles. The normalized spacial score (nSPS) is 32.2. The standard InChI is InChI=1S/C17H22N4O3/c1-9-8-24-16(19-9)17(23)5-11-3-10(4-12(11)6-17)14-13(7-22)15(18)21(2)20-14/h7-8,10-12,23H,3-6,18H2,1-2H3. The minimum Gasteiger partial charge on any atom is -0.446 e. The molecule has 4 rings (SSSR count). The van der Waals surface area contributed by atoms with Gasteiger partial charge < -0.3 is 15.3 Å². The fourth-order valence-corrected chi connectivity index (χ4v) is 4.63. The molecule has 2 fully saturated rings. The first kappa shape index (κ1) is 15.4.